The fraction of sp³-hybridized carbons (Fsp3) is 0.500. The number of ether oxygens (including phenoxy) is 2. The van der Waals surface area contributed by atoms with E-state index in [1.165, 1.54) is 0 Å². The minimum absolute atomic E-state index is 0.200. The fourth-order valence-corrected chi connectivity index (χ4v) is 0.861. The summed E-state index contributed by atoms with van der Waals surface area (Å²) in [6, 6.07) is 0. The molecule has 0 rings (SSSR count). The molecule has 0 aromatic rings. The molecule has 0 heterocycles. The molecule has 96 valence electrons. The second-order valence-electron chi connectivity index (χ2n) is 3.33. The predicted octanol–water partition coefficient (Wildman–Crippen LogP) is 1.03. The molecule has 0 atom stereocenters. The Bertz CT molecular complexity index is 330. The van der Waals surface area contributed by atoms with Gasteiger partial charge in [0, 0.05) is 18.1 Å². The normalized spacial score (nSPS) is 11.1. The van der Waals surface area contributed by atoms with E-state index in [1.807, 2.05) is 0 Å². The monoisotopic (exact) mass is 246 g/mol. The summed E-state index contributed by atoms with van der Waals surface area (Å²) in [5, 5.41) is 17.0. The zero-order valence-corrected chi connectivity index (χ0v) is 9.50. The summed E-state index contributed by atoms with van der Waals surface area (Å²) in [7, 11) is 0. The molecule has 0 fully saturated rings. The first-order valence-electron chi connectivity index (χ1n) is 4.83. The summed E-state index contributed by atoms with van der Waals surface area (Å²) >= 11 is 0. The first-order chi connectivity index (χ1) is 7.82. The van der Waals surface area contributed by atoms with E-state index in [-0.39, 0.29) is 24.7 Å². The summed E-state index contributed by atoms with van der Waals surface area (Å²) in [4.78, 5) is 31.8. The largest absolute Gasteiger partial charge is 0.508 e. The summed E-state index contributed by atoms with van der Waals surface area (Å²) < 4.78 is 9.19. The van der Waals surface area contributed by atoms with Gasteiger partial charge in [-0.05, 0) is 13.8 Å². The molecule has 7 heteroatoms. The standard InChI is InChI=1S/C10H14O7/c1-6(2)17-10(15)16-4-3-7(9(13)14)5-8(11)12/h5-6H,3-4H2,1-2H3,(H,11,12)(H,13,14)/b7-5+. The predicted molar refractivity (Wildman–Crippen MR) is 55.5 cm³/mol. The van der Waals surface area contributed by atoms with Crippen LogP contribution in [0.3, 0.4) is 0 Å². The van der Waals surface area contributed by atoms with E-state index in [4.69, 9.17) is 10.2 Å². The third kappa shape index (κ3) is 7.83. The van der Waals surface area contributed by atoms with E-state index >= 15 is 0 Å². The average molecular weight is 246 g/mol. The molecule has 0 aliphatic heterocycles. The lowest BCUT2D eigenvalue weighted by molar-refractivity contribution is -0.135. The van der Waals surface area contributed by atoms with Crippen molar-refractivity contribution in [1.82, 2.24) is 0 Å². The molecular formula is C10H14O7. The van der Waals surface area contributed by atoms with Crippen LogP contribution in [0.4, 0.5) is 4.79 Å². The van der Waals surface area contributed by atoms with Crippen molar-refractivity contribution in [3.05, 3.63) is 11.6 Å². The van der Waals surface area contributed by atoms with Gasteiger partial charge in [0.1, 0.15) is 0 Å². The molecule has 7 nitrogen and oxygen atoms in total. The van der Waals surface area contributed by atoms with Crippen LogP contribution in [0.1, 0.15) is 20.3 Å². The fourth-order valence-electron chi connectivity index (χ4n) is 0.861. The molecule has 0 aliphatic rings. The number of carbonyl (C=O) groups is 3. The van der Waals surface area contributed by atoms with E-state index in [0.29, 0.717) is 6.08 Å². The number of aliphatic carboxylic acids is 2. The molecule has 0 aromatic carbocycles. The Morgan fingerprint density at radius 2 is 1.82 bits per heavy atom. The van der Waals surface area contributed by atoms with Crippen LogP contribution in [0, 0.1) is 0 Å². The van der Waals surface area contributed by atoms with Crippen LogP contribution in [-0.4, -0.2) is 41.0 Å². The van der Waals surface area contributed by atoms with Crippen molar-refractivity contribution in [3.8, 4) is 0 Å². The zero-order valence-electron chi connectivity index (χ0n) is 9.50. The maximum atomic E-state index is 10.9. The van der Waals surface area contributed by atoms with Crippen LogP contribution in [0.2, 0.25) is 0 Å². The van der Waals surface area contributed by atoms with Crippen LogP contribution in [-0.2, 0) is 19.1 Å². The minimum Gasteiger partial charge on any atom is -0.478 e. The number of hydrogen-bond donors (Lipinski definition) is 2. The van der Waals surface area contributed by atoms with Gasteiger partial charge in [-0.15, -0.1) is 0 Å². The second-order valence-corrected chi connectivity index (χ2v) is 3.33. The Morgan fingerprint density at radius 1 is 1.24 bits per heavy atom. The molecular weight excluding hydrogens is 232 g/mol. The van der Waals surface area contributed by atoms with Gasteiger partial charge in [-0.2, -0.15) is 0 Å². The van der Waals surface area contributed by atoms with Crippen LogP contribution in [0.25, 0.3) is 0 Å². The van der Waals surface area contributed by atoms with Crippen molar-refractivity contribution in [2.75, 3.05) is 6.61 Å². The number of carbonyl (C=O) groups excluding carboxylic acids is 1. The smallest absolute Gasteiger partial charge is 0.478 e. The van der Waals surface area contributed by atoms with Gasteiger partial charge >= 0.3 is 18.1 Å². The summed E-state index contributed by atoms with van der Waals surface area (Å²) in [5.41, 5.74) is -0.352. The lowest BCUT2D eigenvalue weighted by Gasteiger charge is -2.08. The Hall–Kier alpha value is -2.05. The summed E-state index contributed by atoms with van der Waals surface area (Å²) in [5.74, 6) is -2.74. The topological polar surface area (TPSA) is 110 Å². The molecule has 17 heavy (non-hydrogen) atoms. The van der Waals surface area contributed by atoms with Crippen molar-refractivity contribution in [2.45, 2.75) is 26.4 Å². The van der Waals surface area contributed by atoms with Crippen molar-refractivity contribution in [1.29, 1.82) is 0 Å². The first-order valence-corrected chi connectivity index (χ1v) is 4.83. The first kappa shape index (κ1) is 14.9. The van der Waals surface area contributed by atoms with Crippen LogP contribution < -0.4 is 0 Å². The van der Waals surface area contributed by atoms with E-state index in [1.54, 1.807) is 13.8 Å². The summed E-state index contributed by atoms with van der Waals surface area (Å²) in [6.07, 6.45) is -0.898. The van der Waals surface area contributed by atoms with Crippen LogP contribution >= 0.6 is 0 Å². The molecule has 0 saturated carbocycles. The SMILES string of the molecule is CC(C)OC(=O)OCC/C(=C\C(=O)O)C(=O)O. The van der Waals surface area contributed by atoms with Crippen molar-refractivity contribution in [2.24, 2.45) is 0 Å². The highest BCUT2D eigenvalue weighted by Crippen LogP contribution is 2.03. The maximum absolute atomic E-state index is 10.9. The molecule has 2 N–H and O–H groups in total. The maximum Gasteiger partial charge on any atom is 0.508 e. The minimum atomic E-state index is -1.37. The molecule has 0 unspecified atom stereocenters. The van der Waals surface area contributed by atoms with Gasteiger partial charge in [0.05, 0.1) is 12.7 Å². The molecule has 0 saturated heterocycles. The molecule has 0 aliphatic carbocycles. The van der Waals surface area contributed by atoms with Gasteiger partial charge in [0.15, 0.2) is 0 Å². The third-order valence-electron chi connectivity index (χ3n) is 1.50. The number of rotatable bonds is 6. The zero-order chi connectivity index (χ0) is 13.4. The summed E-state index contributed by atoms with van der Waals surface area (Å²) in [6.45, 7) is 3.01. The molecule has 0 aromatic heterocycles. The van der Waals surface area contributed by atoms with E-state index in [0.717, 1.165) is 0 Å². The van der Waals surface area contributed by atoms with E-state index < -0.39 is 18.1 Å². The number of carboxylic acids is 2. The van der Waals surface area contributed by atoms with Gasteiger partial charge < -0.3 is 19.7 Å². The average Bonchev–Trinajstić information content (AvgIpc) is 2.13. The highest BCUT2D eigenvalue weighted by molar-refractivity contribution is 5.94. The van der Waals surface area contributed by atoms with Crippen LogP contribution in [0.15, 0.2) is 11.6 Å². The van der Waals surface area contributed by atoms with Gasteiger partial charge in [-0.1, -0.05) is 0 Å². The van der Waals surface area contributed by atoms with Gasteiger partial charge in [0.2, 0.25) is 0 Å². The lowest BCUT2D eigenvalue weighted by Crippen LogP contribution is -2.15. The number of carboxylic acid groups (broad SMARTS) is 2. The molecule has 0 bridgehead atoms. The van der Waals surface area contributed by atoms with Crippen molar-refractivity contribution >= 4 is 18.1 Å². The lowest BCUT2D eigenvalue weighted by atomic mass is 10.2. The Morgan fingerprint density at radius 3 is 2.24 bits per heavy atom. The van der Waals surface area contributed by atoms with Gasteiger partial charge in [0.25, 0.3) is 0 Å². The van der Waals surface area contributed by atoms with E-state index in [2.05, 4.69) is 9.47 Å². The molecule has 0 amide bonds. The van der Waals surface area contributed by atoms with Crippen molar-refractivity contribution in [3.63, 3.8) is 0 Å². The quantitative estimate of drug-likeness (QED) is 0.532. The second kappa shape index (κ2) is 7.26. The number of hydrogen-bond acceptors (Lipinski definition) is 5. The third-order valence-corrected chi connectivity index (χ3v) is 1.50. The van der Waals surface area contributed by atoms with Gasteiger partial charge in [-0.3, -0.25) is 0 Å². The Kier molecular flexibility index (Phi) is 6.39. The van der Waals surface area contributed by atoms with Gasteiger partial charge in [-0.25, -0.2) is 14.4 Å². The van der Waals surface area contributed by atoms with Crippen LogP contribution in [0.5, 0.6) is 0 Å². The molecule has 0 radical (unpaired) electrons. The Balaban J connectivity index is 4.12. The highest BCUT2D eigenvalue weighted by Gasteiger charge is 2.12. The van der Waals surface area contributed by atoms with Crippen molar-refractivity contribution < 1.29 is 34.1 Å². The van der Waals surface area contributed by atoms with E-state index in [9.17, 15) is 14.4 Å². The highest BCUT2D eigenvalue weighted by atomic mass is 16.7. The molecule has 0 spiro atoms. The Labute approximate surface area is 97.6 Å².